The molecule has 1 aliphatic heterocycles. The fourth-order valence-corrected chi connectivity index (χ4v) is 3.20. The molecule has 0 saturated carbocycles. The number of carbonyl (C=O) groups excluding carboxylic acids is 3. The Kier molecular flexibility index (Phi) is 6.41. The zero-order chi connectivity index (χ0) is 21.7. The second-order valence-corrected chi connectivity index (χ2v) is 6.71. The third-order valence-corrected chi connectivity index (χ3v) is 4.53. The van der Waals surface area contributed by atoms with Crippen molar-refractivity contribution in [1.29, 1.82) is 0 Å². The molecule has 0 unspecified atom stereocenters. The quantitative estimate of drug-likeness (QED) is 0.665. The first-order valence-electron chi connectivity index (χ1n) is 9.39. The average Bonchev–Trinajstić information content (AvgIpc) is 2.72. The molecular formula is C21H24N4O5. The van der Waals surface area contributed by atoms with Crippen LogP contribution in [-0.4, -0.2) is 51.1 Å². The van der Waals surface area contributed by atoms with Gasteiger partial charge in [0.15, 0.2) is 6.10 Å². The topological polar surface area (TPSA) is 109 Å². The Labute approximate surface area is 174 Å². The van der Waals surface area contributed by atoms with E-state index in [4.69, 9.17) is 9.47 Å². The van der Waals surface area contributed by atoms with Crippen molar-refractivity contribution in [3.8, 4) is 11.5 Å². The van der Waals surface area contributed by atoms with Gasteiger partial charge in [0.1, 0.15) is 11.5 Å². The molecule has 0 fully saturated rings. The van der Waals surface area contributed by atoms with Crippen molar-refractivity contribution < 1.29 is 23.9 Å². The lowest BCUT2D eigenvalue weighted by atomic mass is 10.1. The van der Waals surface area contributed by atoms with E-state index in [1.165, 1.54) is 21.1 Å². The molecule has 2 aromatic rings. The van der Waals surface area contributed by atoms with Crippen LogP contribution in [0.3, 0.4) is 0 Å². The Morgan fingerprint density at radius 1 is 1.17 bits per heavy atom. The van der Waals surface area contributed by atoms with E-state index in [0.29, 0.717) is 22.9 Å². The molecule has 1 aliphatic rings. The summed E-state index contributed by atoms with van der Waals surface area (Å²) in [5, 5.41) is 8.06. The van der Waals surface area contributed by atoms with E-state index in [-0.39, 0.29) is 30.8 Å². The molecular weight excluding hydrogens is 388 g/mol. The van der Waals surface area contributed by atoms with Crippen molar-refractivity contribution >= 4 is 34.8 Å². The number of amides is 3. The molecule has 3 rings (SSSR count). The van der Waals surface area contributed by atoms with Gasteiger partial charge in [-0.2, -0.15) is 0 Å². The van der Waals surface area contributed by atoms with Crippen LogP contribution in [0.4, 0.5) is 17.1 Å². The standard InChI is InChI=1S/C21H24N4O5/c1-13(26)23-14-8-9-17(29-3)15(10-14)24-20(27)12-25-11-19(21(28)22-2)30-18-7-5-4-6-16(18)25/h4-10,19H,11-12H2,1-3H3,(H,22,28)(H,23,26)(H,24,27)/t19-/m0/s1. The molecule has 1 atom stereocenters. The first-order chi connectivity index (χ1) is 14.4. The number of methoxy groups -OCH3 is 1. The van der Waals surface area contributed by atoms with E-state index in [9.17, 15) is 14.4 Å². The van der Waals surface area contributed by atoms with Crippen molar-refractivity contribution in [2.45, 2.75) is 13.0 Å². The highest BCUT2D eigenvalue weighted by Crippen LogP contribution is 2.33. The number of anilines is 3. The Hall–Kier alpha value is -3.75. The maximum Gasteiger partial charge on any atom is 0.262 e. The lowest BCUT2D eigenvalue weighted by Crippen LogP contribution is -2.50. The van der Waals surface area contributed by atoms with Crippen LogP contribution >= 0.6 is 0 Å². The Balaban J connectivity index is 1.78. The molecule has 0 saturated heterocycles. The summed E-state index contributed by atoms with van der Waals surface area (Å²) in [5.41, 5.74) is 1.69. The number of hydrogen-bond acceptors (Lipinski definition) is 6. The van der Waals surface area contributed by atoms with E-state index >= 15 is 0 Å². The average molecular weight is 412 g/mol. The molecule has 1 heterocycles. The van der Waals surface area contributed by atoms with Gasteiger partial charge in [0, 0.05) is 19.7 Å². The second-order valence-electron chi connectivity index (χ2n) is 6.71. The molecule has 30 heavy (non-hydrogen) atoms. The van der Waals surface area contributed by atoms with Gasteiger partial charge in [0.2, 0.25) is 11.8 Å². The minimum Gasteiger partial charge on any atom is -0.495 e. The van der Waals surface area contributed by atoms with Crippen molar-refractivity contribution in [2.24, 2.45) is 0 Å². The largest absolute Gasteiger partial charge is 0.495 e. The summed E-state index contributed by atoms with van der Waals surface area (Å²) in [6.07, 6.45) is -0.727. The summed E-state index contributed by atoms with van der Waals surface area (Å²) >= 11 is 0. The summed E-state index contributed by atoms with van der Waals surface area (Å²) < 4.78 is 11.1. The molecule has 0 spiro atoms. The molecule has 0 radical (unpaired) electrons. The van der Waals surface area contributed by atoms with Gasteiger partial charge in [-0.15, -0.1) is 0 Å². The number of rotatable bonds is 6. The van der Waals surface area contributed by atoms with Gasteiger partial charge in [-0.3, -0.25) is 14.4 Å². The van der Waals surface area contributed by atoms with Crippen LogP contribution in [0.25, 0.3) is 0 Å². The number of benzene rings is 2. The van der Waals surface area contributed by atoms with Gasteiger partial charge in [0.25, 0.3) is 5.91 Å². The monoisotopic (exact) mass is 412 g/mol. The van der Waals surface area contributed by atoms with Gasteiger partial charge in [-0.05, 0) is 30.3 Å². The first-order valence-corrected chi connectivity index (χ1v) is 9.39. The molecule has 0 bridgehead atoms. The fraction of sp³-hybridized carbons (Fsp3) is 0.286. The maximum absolute atomic E-state index is 12.8. The van der Waals surface area contributed by atoms with E-state index < -0.39 is 6.10 Å². The SMILES string of the molecule is CNC(=O)[C@@H]1CN(CC(=O)Nc2cc(NC(C)=O)ccc2OC)c2ccccc2O1. The van der Waals surface area contributed by atoms with Gasteiger partial charge in [-0.25, -0.2) is 0 Å². The number of hydrogen-bond donors (Lipinski definition) is 3. The summed E-state index contributed by atoms with van der Waals surface area (Å²) in [7, 11) is 3.03. The van der Waals surface area contributed by atoms with E-state index in [0.717, 1.165) is 5.69 Å². The van der Waals surface area contributed by atoms with Gasteiger partial charge >= 0.3 is 0 Å². The van der Waals surface area contributed by atoms with E-state index in [2.05, 4.69) is 16.0 Å². The van der Waals surface area contributed by atoms with Crippen LogP contribution < -0.4 is 30.3 Å². The number of fused-ring (bicyclic) bond motifs is 1. The highest BCUT2D eigenvalue weighted by Gasteiger charge is 2.31. The third kappa shape index (κ3) is 4.80. The van der Waals surface area contributed by atoms with Crippen molar-refractivity contribution in [3.05, 3.63) is 42.5 Å². The van der Waals surface area contributed by atoms with E-state index in [1.54, 1.807) is 29.2 Å². The van der Waals surface area contributed by atoms with Crippen LogP contribution in [0.5, 0.6) is 11.5 Å². The lowest BCUT2D eigenvalue weighted by Gasteiger charge is -2.35. The molecule has 2 aromatic carbocycles. The smallest absolute Gasteiger partial charge is 0.262 e. The maximum atomic E-state index is 12.8. The molecule has 9 nitrogen and oxygen atoms in total. The molecule has 0 aliphatic carbocycles. The minimum absolute atomic E-state index is 0.00138. The molecule has 0 aromatic heterocycles. The van der Waals surface area contributed by atoms with Crippen molar-refractivity contribution in [1.82, 2.24) is 5.32 Å². The lowest BCUT2D eigenvalue weighted by molar-refractivity contribution is -0.127. The van der Waals surface area contributed by atoms with Gasteiger partial charge in [-0.1, -0.05) is 12.1 Å². The Bertz CT molecular complexity index is 962. The molecule has 158 valence electrons. The van der Waals surface area contributed by atoms with Crippen molar-refractivity contribution in [3.63, 3.8) is 0 Å². The zero-order valence-electron chi connectivity index (χ0n) is 17.0. The fourth-order valence-electron chi connectivity index (χ4n) is 3.20. The normalized spacial score (nSPS) is 14.8. The van der Waals surface area contributed by atoms with E-state index in [1.807, 2.05) is 18.2 Å². The number of ether oxygens (including phenoxy) is 2. The zero-order valence-corrected chi connectivity index (χ0v) is 17.0. The van der Waals surface area contributed by atoms with Crippen molar-refractivity contribution in [2.75, 3.05) is 42.8 Å². The molecule has 9 heteroatoms. The second kappa shape index (κ2) is 9.17. The molecule has 3 N–H and O–H groups in total. The predicted molar refractivity (Wildman–Crippen MR) is 113 cm³/mol. The molecule has 3 amide bonds. The third-order valence-electron chi connectivity index (χ3n) is 4.53. The van der Waals surface area contributed by atoms with Crippen LogP contribution in [-0.2, 0) is 14.4 Å². The number of para-hydroxylation sites is 2. The minimum atomic E-state index is -0.727. The Morgan fingerprint density at radius 2 is 1.93 bits per heavy atom. The number of nitrogens with one attached hydrogen (secondary N) is 3. The van der Waals surface area contributed by atoms with Crippen LogP contribution in [0.2, 0.25) is 0 Å². The highest BCUT2D eigenvalue weighted by atomic mass is 16.5. The predicted octanol–water partition coefficient (Wildman–Crippen LogP) is 1.61. The summed E-state index contributed by atoms with van der Waals surface area (Å²) in [6.45, 7) is 1.63. The summed E-state index contributed by atoms with van der Waals surface area (Å²) in [5.74, 6) is 0.210. The summed E-state index contributed by atoms with van der Waals surface area (Å²) in [4.78, 5) is 38.0. The van der Waals surface area contributed by atoms with Crippen LogP contribution in [0, 0.1) is 0 Å². The first kappa shape index (κ1) is 21.0. The number of likely N-dealkylation sites (N-methyl/N-ethyl adjacent to an activating group) is 1. The number of carbonyl (C=O) groups is 3. The highest BCUT2D eigenvalue weighted by molar-refractivity contribution is 5.97. The van der Waals surface area contributed by atoms with Crippen LogP contribution in [0.15, 0.2) is 42.5 Å². The van der Waals surface area contributed by atoms with Crippen LogP contribution in [0.1, 0.15) is 6.92 Å². The van der Waals surface area contributed by atoms with Gasteiger partial charge in [0.05, 0.1) is 31.6 Å². The Morgan fingerprint density at radius 3 is 2.63 bits per heavy atom. The summed E-state index contributed by atoms with van der Waals surface area (Å²) in [6, 6.07) is 12.2. The van der Waals surface area contributed by atoms with Gasteiger partial charge < -0.3 is 30.3 Å². The number of nitrogens with zero attached hydrogens (tertiary/aromatic N) is 1.